The van der Waals surface area contributed by atoms with Crippen molar-refractivity contribution in [2.45, 2.75) is 63.1 Å². The van der Waals surface area contributed by atoms with Crippen molar-refractivity contribution in [3.8, 4) is 17.2 Å². The Hall–Kier alpha value is -3.96. The molecule has 242 valence electrons. The summed E-state index contributed by atoms with van der Waals surface area (Å²) >= 11 is 6.09. The molecule has 0 radical (unpaired) electrons. The zero-order valence-corrected chi connectivity index (χ0v) is 27.6. The van der Waals surface area contributed by atoms with Crippen molar-refractivity contribution in [2.75, 3.05) is 31.7 Å². The van der Waals surface area contributed by atoms with Crippen molar-refractivity contribution in [1.29, 1.82) is 0 Å². The molecule has 12 heteroatoms. The minimum Gasteiger partial charge on any atom is -0.494 e. The molecule has 3 aromatic carbocycles. The van der Waals surface area contributed by atoms with Crippen LogP contribution < -0.4 is 23.8 Å². The normalized spacial score (nSPS) is 14.0. The predicted molar refractivity (Wildman–Crippen MR) is 174 cm³/mol. The van der Waals surface area contributed by atoms with E-state index in [1.54, 1.807) is 55.5 Å². The molecule has 10 nitrogen and oxygen atoms in total. The van der Waals surface area contributed by atoms with Crippen molar-refractivity contribution in [3.05, 3.63) is 77.3 Å². The molecule has 1 atom stereocenters. The fourth-order valence-corrected chi connectivity index (χ4v) is 6.83. The summed E-state index contributed by atoms with van der Waals surface area (Å²) in [6.07, 6.45) is 3.85. The molecule has 1 aliphatic carbocycles. The highest BCUT2D eigenvalue weighted by atomic mass is 35.5. The van der Waals surface area contributed by atoms with E-state index in [4.69, 9.17) is 25.8 Å². The number of benzene rings is 3. The van der Waals surface area contributed by atoms with Crippen LogP contribution >= 0.6 is 11.6 Å². The van der Waals surface area contributed by atoms with Gasteiger partial charge in [0.15, 0.2) is 11.5 Å². The minimum absolute atomic E-state index is 0.0539. The lowest BCUT2D eigenvalue weighted by Crippen LogP contribution is -2.52. The van der Waals surface area contributed by atoms with Gasteiger partial charge in [-0.25, -0.2) is 8.42 Å². The first-order valence-electron chi connectivity index (χ1n) is 14.9. The largest absolute Gasteiger partial charge is 0.494 e. The van der Waals surface area contributed by atoms with E-state index in [-0.39, 0.29) is 34.8 Å². The van der Waals surface area contributed by atoms with Crippen molar-refractivity contribution in [2.24, 2.45) is 0 Å². The van der Waals surface area contributed by atoms with Gasteiger partial charge in [-0.3, -0.25) is 13.9 Å². The van der Waals surface area contributed by atoms with Crippen LogP contribution in [0.5, 0.6) is 17.2 Å². The Labute approximate surface area is 270 Å². The average Bonchev–Trinajstić information content (AvgIpc) is 3.56. The van der Waals surface area contributed by atoms with Crippen molar-refractivity contribution >= 4 is 39.1 Å². The Morgan fingerprint density at radius 1 is 0.956 bits per heavy atom. The molecule has 0 spiro atoms. The van der Waals surface area contributed by atoms with Crippen molar-refractivity contribution in [3.63, 3.8) is 0 Å². The fraction of sp³-hybridized carbons (Fsp3) is 0.394. The Bertz CT molecular complexity index is 1560. The second-order valence-corrected chi connectivity index (χ2v) is 13.1. The quantitative estimate of drug-likeness (QED) is 0.246. The van der Waals surface area contributed by atoms with Gasteiger partial charge >= 0.3 is 0 Å². The molecule has 4 rings (SSSR count). The number of ether oxygens (including phenoxy) is 3. The molecule has 3 aromatic rings. The Morgan fingerprint density at radius 2 is 1.60 bits per heavy atom. The Morgan fingerprint density at radius 3 is 2.20 bits per heavy atom. The maximum Gasteiger partial charge on any atom is 0.264 e. The summed E-state index contributed by atoms with van der Waals surface area (Å²) in [5, 5.41) is 3.60. The van der Waals surface area contributed by atoms with E-state index in [1.165, 1.54) is 37.3 Å². The molecule has 1 aliphatic rings. The van der Waals surface area contributed by atoms with Gasteiger partial charge in [0.1, 0.15) is 18.3 Å². The van der Waals surface area contributed by atoms with Gasteiger partial charge in [0, 0.05) is 23.7 Å². The summed E-state index contributed by atoms with van der Waals surface area (Å²) in [4.78, 5) is 28.9. The molecule has 1 N–H and O–H groups in total. The number of hydrogen-bond donors (Lipinski definition) is 1. The standard InChI is InChI=1S/C33H40ClN3O7S/c1-5-44-28-16-14-27(15-17-28)37(45(40,41)29-18-19-30(42-3)31(20-29)43-4)22-32(38)36(21-24-10-12-25(34)13-11-24)23(2)33(39)35-26-8-6-7-9-26/h10-20,23,26H,5-9,21-22H2,1-4H3,(H,35,39)/t23-/m1/s1. The first-order valence-corrected chi connectivity index (χ1v) is 16.7. The number of methoxy groups -OCH3 is 2. The first-order chi connectivity index (χ1) is 21.6. The third-order valence-electron chi connectivity index (χ3n) is 7.79. The number of rotatable bonds is 14. The average molecular weight is 658 g/mol. The van der Waals surface area contributed by atoms with Crippen molar-refractivity contribution in [1.82, 2.24) is 10.2 Å². The van der Waals surface area contributed by atoms with Crippen LogP contribution in [-0.4, -0.2) is 64.6 Å². The summed E-state index contributed by atoms with van der Waals surface area (Å²) < 4.78 is 45.7. The van der Waals surface area contributed by atoms with Gasteiger partial charge in [-0.05, 0) is 80.8 Å². The number of halogens is 1. The first kappa shape index (κ1) is 33.9. The third kappa shape index (κ3) is 8.40. The van der Waals surface area contributed by atoms with E-state index in [0.717, 1.165) is 35.6 Å². The van der Waals surface area contributed by atoms with Crippen LogP contribution in [0.2, 0.25) is 5.02 Å². The molecule has 2 amide bonds. The molecule has 0 unspecified atom stereocenters. The van der Waals surface area contributed by atoms with E-state index in [9.17, 15) is 18.0 Å². The van der Waals surface area contributed by atoms with E-state index < -0.39 is 28.5 Å². The van der Waals surface area contributed by atoms with Crippen LogP contribution in [0.25, 0.3) is 0 Å². The number of hydrogen-bond acceptors (Lipinski definition) is 7. The number of nitrogens with one attached hydrogen (secondary N) is 1. The van der Waals surface area contributed by atoms with E-state index in [0.29, 0.717) is 23.1 Å². The highest BCUT2D eigenvalue weighted by molar-refractivity contribution is 7.92. The maximum absolute atomic E-state index is 14.2. The molecule has 45 heavy (non-hydrogen) atoms. The number of amides is 2. The topological polar surface area (TPSA) is 114 Å². The third-order valence-corrected chi connectivity index (χ3v) is 9.81. The van der Waals surface area contributed by atoms with Crippen molar-refractivity contribution < 1.29 is 32.2 Å². The van der Waals surface area contributed by atoms with Gasteiger partial charge in [-0.2, -0.15) is 0 Å². The molecule has 0 aromatic heterocycles. The van der Waals surface area contributed by atoms with E-state index in [2.05, 4.69) is 5.32 Å². The van der Waals surface area contributed by atoms with E-state index in [1.807, 2.05) is 6.92 Å². The highest BCUT2D eigenvalue weighted by Gasteiger charge is 2.34. The molecular formula is C33H40ClN3O7S. The summed E-state index contributed by atoms with van der Waals surface area (Å²) in [6.45, 7) is 3.44. The van der Waals surface area contributed by atoms with Crippen LogP contribution in [-0.2, 0) is 26.2 Å². The maximum atomic E-state index is 14.2. The summed E-state index contributed by atoms with van der Waals surface area (Å²) in [5.74, 6) is 0.281. The lowest BCUT2D eigenvalue weighted by atomic mass is 10.1. The molecule has 1 saturated carbocycles. The van der Waals surface area contributed by atoms with Gasteiger partial charge in [-0.1, -0.05) is 36.6 Å². The van der Waals surface area contributed by atoms with Crippen LogP contribution in [0.3, 0.4) is 0 Å². The summed E-state index contributed by atoms with van der Waals surface area (Å²) in [7, 11) is -1.45. The fourth-order valence-electron chi connectivity index (χ4n) is 5.27. The van der Waals surface area contributed by atoms with Crippen LogP contribution in [0.1, 0.15) is 45.1 Å². The van der Waals surface area contributed by atoms with E-state index >= 15 is 0 Å². The van der Waals surface area contributed by atoms with Gasteiger partial charge in [0.25, 0.3) is 10.0 Å². The lowest BCUT2D eigenvalue weighted by molar-refractivity contribution is -0.139. The van der Waals surface area contributed by atoms with Crippen LogP contribution in [0.15, 0.2) is 71.6 Å². The number of carbonyl (C=O) groups excluding carboxylic acids is 2. The highest BCUT2D eigenvalue weighted by Crippen LogP contribution is 2.33. The number of nitrogens with zero attached hydrogens (tertiary/aromatic N) is 2. The van der Waals surface area contributed by atoms with Gasteiger partial charge in [0.2, 0.25) is 11.8 Å². The summed E-state index contributed by atoms with van der Waals surface area (Å²) in [5.41, 5.74) is 0.986. The van der Waals surface area contributed by atoms with Gasteiger partial charge in [0.05, 0.1) is 31.4 Å². The molecule has 0 aliphatic heterocycles. The minimum atomic E-state index is -4.32. The molecule has 0 saturated heterocycles. The molecule has 0 heterocycles. The van der Waals surface area contributed by atoms with Crippen LogP contribution in [0.4, 0.5) is 5.69 Å². The monoisotopic (exact) mass is 657 g/mol. The zero-order valence-electron chi connectivity index (χ0n) is 26.0. The second-order valence-electron chi connectivity index (χ2n) is 10.8. The van der Waals surface area contributed by atoms with Gasteiger partial charge < -0.3 is 24.4 Å². The smallest absolute Gasteiger partial charge is 0.264 e. The number of anilines is 1. The van der Waals surface area contributed by atoms with Gasteiger partial charge in [-0.15, -0.1) is 0 Å². The Kier molecular flexibility index (Phi) is 11.6. The molecule has 0 bridgehead atoms. The Balaban J connectivity index is 1.72. The lowest BCUT2D eigenvalue weighted by Gasteiger charge is -2.32. The van der Waals surface area contributed by atoms with Crippen LogP contribution in [0, 0.1) is 0 Å². The zero-order chi connectivity index (χ0) is 32.6. The number of carbonyl (C=O) groups is 2. The summed E-state index contributed by atoms with van der Waals surface area (Å²) in [6, 6.07) is 16.8. The molecule has 1 fully saturated rings. The second kappa shape index (κ2) is 15.4. The predicted octanol–water partition coefficient (Wildman–Crippen LogP) is 5.43. The molecular weight excluding hydrogens is 618 g/mol. The SMILES string of the molecule is CCOc1ccc(N(CC(=O)N(Cc2ccc(Cl)cc2)[C@H](C)C(=O)NC2CCCC2)S(=O)(=O)c2ccc(OC)c(OC)c2)cc1. The number of sulfonamides is 1.